The van der Waals surface area contributed by atoms with Gasteiger partial charge in [-0.1, -0.05) is 11.6 Å². The first-order valence-corrected chi connectivity index (χ1v) is 6.68. The van der Waals surface area contributed by atoms with Crippen molar-refractivity contribution in [2.45, 2.75) is 19.8 Å². The molecule has 4 nitrogen and oxygen atoms in total. The molecule has 0 aliphatic rings. The van der Waals surface area contributed by atoms with Crippen LogP contribution in [0.5, 0.6) is 0 Å². The van der Waals surface area contributed by atoms with Gasteiger partial charge in [0.25, 0.3) is 5.91 Å². The van der Waals surface area contributed by atoms with Gasteiger partial charge in [-0.2, -0.15) is 0 Å². The van der Waals surface area contributed by atoms with Crippen LogP contribution in [-0.2, 0) is 0 Å². The predicted octanol–water partition coefficient (Wildman–Crippen LogP) is 2.86. The first-order valence-electron chi connectivity index (χ1n) is 6.30. The number of hydrogen-bond acceptors (Lipinski definition) is 3. The molecule has 5 heteroatoms. The lowest BCUT2D eigenvalue weighted by Crippen LogP contribution is -2.25. The minimum Gasteiger partial charge on any atom is -0.451 e. The van der Waals surface area contributed by atoms with E-state index >= 15 is 0 Å². The van der Waals surface area contributed by atoms with Gasteiger partial charge in [0.1, 0.15) is 5.58 Å². The number of amides is 1. The summed E-state index contributed by atoms with van der Waals surface area (Å²) in [5.74, 6) is 0.159. The molecule has 102 valence electrons. The molecule has 0 bridgehead atoms. The highest BCUT2D eigenvalue weighted by Gasteiger charge is 2.17. The third-order valence-corrected chi connectivity index (χ3v) is 3.26. The topological polar surface area (TPSA) is 68.3 Å². The first kappa shape index (κ1) is 13.9. The molecule has 1 heterocycles. The summed E-state index contributed by atoms with van der Waals surface area (Å²) >= 11 is 5.94. The van der Waals surface area contributed by atoms with Crippen LogP contribution in [0.4, 0.5) is 0 Å². The molecule has 1 amide bonds. The van der Waals surface area contributed by atoms with Crippen molar-refractivity contribution in [2.24, 2.45) is 5.73 Å². The predicted molar refractivity (Wildman–Crippen MR) is 76.6 cm³/mol. The van der Waals surface area contributed by atoms with Gasteiger partial charge in [-0.05, 0) is 44.5 Å². The van der Waals surface area contributed by atoms with Gasteiger partial charge in [-0.3, -0.25) is 4.79 Å². The molecular weight excluding hydrogens is 264 g/mol. The number of furan rings is 1. The van der Waals surface area contributed by atoms with Crippen molar-refractivity contribution in [1.82, 2.24) is 5.32 Å². The molecule has 0 saturated carbocycles. The van der Waals surface area contributed by atoms with E-state index in [2.05, 4.69) is 5.32 Å². The van der Waals surface area contributed by atoms with E-state index in [1.54, 1.807) is 18.2 Å². The number of benzene rings is 1. The van der Waals surface area contributed by atoms with Gasteiger partial charge in [0.05, 0.1) is 0 Å². The fourth-order valence-electron chi connectivity index (χ4n) is 1.96. The fraction of sp³-hybridized carbons (Fsp3) is 0.357. The zero-order valence-electron chi connectivity index (χ0n) is 10.8. The molecule has 2 rings (SSSR count). The number of rotatable bonds is 5. The second-order valence-corrected chi connectivity index (χ2v) is 4.88. The van der Waals surface area contributed by atoms with Crippen LogP contribution in [0.15, 0.2) is 22.6 Å². The zero-order chi connectivity index (χ0) is 13.8. The Kier molecular flexibility index (Phi) is 4.45. The lowest BCUT2D eigenvalue weighted by atomic mass is 10.1. The number of halogens is 1. The van der Waals surface area contributed by atoms with Crippen molar-refractivity contribution >= 4 is 28.5 Å². The lowest BCUT2D eigenvalue weighted by molar-refractivity contribution is 0.0926. The van der Waals surface area contributed by atoms with E-state index in [1.807, 2.05) is 6.92 Å². The SMILES string of the molecule is Cc1c(C(=O)NCCCCN)oc2ccc(Cl)cc12. The van der Waals surface area contributed by atoms with Gasteiger partial charge < -0.3 is 15.5 Å². The Morgan fingerprint density at radius 3 is 2.95 bits per heavy atom. The molecule has 3 N–H and O–H groups in total. The quantitative estimate of drug-likeness (QED) is 0.828. The maximum Gasteiger partial charge on any atom is 0.287 e. The molecule has 1 aromatic heterocycles. The highest BCUT2D eigenvalue weighted by molar-refractivity contribution is 6.31. The number of carbonyl (C=O) groups is 1. The summed E-state index contributed by atoms with van der Waals surface area (Å²) in [5.41, 5.74) is 6.89. The molecule has 0 unspecified atom stereocenters. The number of nitrogens with one attached hydrogen (secondary N) is 1. The van der Waals surface area contributed by atoms with Crippen molar-refractivity contribution in [3.05, 3.63) is 34.5 Å². The van der Waals surface area contributed by atoms with Crippen LogP contribution in [0.25, 0.3) is 11.0 Å². The Labute approximate surface area is 116 Å². The van der Waals surface area contributed by atoms with Gasteiger partial charge >= 0.3 is 0 Å². The van der Waals surface area contributed by atoms with Gasteiger partial charge in [0.2, 0.25) is 0 Å². The van der Waals surface area contributed by atoms with Gasteiger partial charge in [-0.15, -0.1) is 0 Å². The number of nitrogens with two attached hydrogens (primary N) is 1. The molecular formula is C14H17ClN2O2. The van der Waals surface area contributed by atoms with Crippen LogP contribution in [0, 0.1) is 6.92 Å². The van der Waals surface area contributed by atoms with Crippen molar-refractivity contribution in [2.75, 3.05) is 13.1 Å². The average molecular weight is 281 g/mol. The minimum atomic E-state index is -0.193. The van der Waals surface area contributed by atoms with Crippen LogP contribution >= 0.6 is 11.6 Å². The summed E-state index contributed by atoms with van der Waals surface area (Å²) in [4.78, 5) is 12.0. The summed E-state index contributed by atoms with van der Waals surface area (Å²) in [6.45, 7) is 3.10. The molecule has 19 heavy (non-hydrogen) atoms. The summed E-state index contributed by atoms with van der Waals surface area (Å²) < 4.78 is 5.58. The molecule has 0 atom stereocenters. The number of carbonyl (C=O) groups excluding carboxylic acids is 1. The van der Waals surface area contributed by atoms with Gasteiger partial charge in [-0.25, -0.2) is 0 Å². The third-order valence-electron chi connectivity index (χ3n) is 3.02. The number of unbranched alkanes of at least 4 members (excludes halogenated alkanes) is 1. The van der Waals surface area contributed by atoms with Crippen LogP contribution in [0.3, 0.4) is 0 Å². The Morgan fingerprint density at radius 1 is 1.42 bits per heavy atom. The van der Waals surface area contributed by atoms with Crippen LogP contribution in [-0.4, -0.2) is 19.0 Å². The number of fused-ring (bicyclic) bond motifs is 1. The Balaban J connectivity index is 2.16. The van der Waals surface area contributed by atoms with Gasteiger partial charge in [0, 0.05) is 22.5 Å². The smallest absolute Gasteiger partial charge is 0.287 e. The largest absolute Gasteiger partial charge is 0.451 e. The molecule has 0 spiro atoms. The van der Waals surface area contributed by atoms with E-state index in [1.165, 1.54) is 0 Å². The summed E-state index contributed by atoms with van der Waals surface area (Å²) in [5, 5.41) is 4.33. The van der Waals surface area contributed by atoms with Crippen molar-refractivity contribution in [3.63, 3.8) is 0 Å². The normalized spacial score (nSPS) is 10.9. The molecule has 0 radical (unpaired) electrons. The van der Waals surface area contributed by atoms with E-state index < -0.39 is 0 Å². The molecule has 0 saturated heterocycles. The monoisotopic (exact) mass is 280 g/mol. The van der Waals surface area contributed by atoms with E-state index in [0.717, 1.165) is 23.8 Å². The Bertz CT molecular complexity index is 592. The van der Waals surface area contributed by atoms with E-state index in [4.69, 9.17) is 21.8 Å². The van der Waals surface area contributed by atoms with E-state index in [9.17, 15) is 4.79 Å². The third kappa shape index (κ3) is 3.08. The van der Waals surface area contributed by atoms with Gasteiger partial charge in [0.15, 0.2) is 5.76 Å². The standard InChI is InChI=1S/C14H17ClN2O2/c1-9-11-8-10(15)4-5-12(11)19-13(9)14(18)17-7-3-2-6-16/h4-5,8H,2-3,6-7,16H2,1H3,(H,17,18). The first-order chi connectivity index (χ1) is 9.13. The summed E-state index contributed by atoms with van der Waals surface area (Å²) in [7, 11) is 0. The lowest BCUT2D eigenvalue weighted by Gasteiger charge is -2.02. The van der Waals surface area contributed by atoms with Crippen LogP contribution in [0.2, 0.25) is 5.02 Å². The van der Waals surface area contributed by atoms with Crippen LogP contribution < -0.4 is 11.1 Å². The molecule has 2 aromatic rings. The molecule has 0 aliphatic carbocycles. The number of aryl methyl sites for hydroxylation is 1. The maximum atomic E-state index is 12.0. The fourth-order valence-corrected chi connectivity index (χ4v) is 2.13. The van der Waals surface area contributed by atoms with Crippen molar-refractivity contribution in [1.29, 1.82) is 0 Å². The molecule has 1 aromatic carbocycles. The highest BCUT2D eigenvalue weighted by Crippen LogP contribution is 2.27. The summed E-state index contributed by atoms with van der Waals surface area (Å²) in [6, 6.07) is 5.33. The average Bonchev–Trinajstić information content (AvgIpc) is 2.72. The second kappa shape index (κ2) is 6.08. The second-order valence-electron chi connectivity index (χ2n) is 4.45. The van der Waals surface area contributed by atoms with Crippen molar-refractivity contribution in [3.8, 4) is 0 Å². The molecule has 0 aliphatic heterocycles. The minimum absolute atomic E-state index is 0.193. The van der Waals surface area contributed by atoms with E-state index in [0.29, 0.717) is 29.5 Å². The summed E-state index contributed by atoms with van der Waals surface area (Å²) in [6.07, 6.45) is 1.77. The van der Waals surface area contributed by atoms with Crippen molar-refractivity contribution < 1.29 is 9.21 Å². The van der Waals surface area contributed by atoms with Crippen LogP contribution in [0.1, 0.15) is 29.0 Å². The Morgan fingerprint density at radius 2 is 2.21 bits per heavy atom. The molecule has 0 fully saturated rings. The maximum absolute atomic E-state index is 12.0. The highest BCUT2D eigenvalue weighted by atomic mass is 35.5. The zero-order valence-corrected chi connectivity index (χ0v) is 11.6. The van der Waals surface area contributed by atoms with E-state index in [-0.39, 0.29) is 5.91 Å². The Hall–Kier alpha value is -1.52. The number of hydrogen-bond donors (Lipinski definition) is 2.